The second kappa shape index (κ2) is 8.89. The Labute approximate surface area is 172 Å². The van der Waals surface area contributed by atoms with Crippen LogP contribution in [0.1, 0.15) is 35.7 Å². The van der Waals surface area contributed by atoms with E-state index in [0.29, 0.717) is 5.56 Å². The number of likely N-dealkylation sites (tertiary alicyclic amines) is 1. The number of hydrogen-bond donors (Lipinski definition) is 1. The summed E-state index contributed by atoms with van der Waals surface area (Å²) >= 11 is 4.84. The first-order valence-electron chi connectivity index (χ1n) is 8.93. The van der Waals surface area contributed by atoms with Crippen LogP contribution in [0.5, 0.6) is 0 Å². The molecule has 0 spiro atoms. The van der Waals surface area contributed by atoms with E-state index in [4.69, 9.17) is 0 Å². The number of pyridine rings is 1. The van der Waals surface area contributed by atoms with E-state index < -0.39 is 0 Å². The van der Waals surface area contributed by atoms with E-state index in [1.165, 1.54) is 11.8 Å². The zero-order chi connectivity index (χ0) is 19.4. The van der Waals surface area contributed by atoms with Crippen LogP contribution in [0.15, 0.2) is 46.0 Å². The predicted octanol–water partition coefficient (Wildman–Crippen LogP) is 4.51. The van der Waals surface area contributed by atoms with E-state index in [9.17, 15) is 9.59 Å². The van der Waals surface area contributed by atoms with E-state index in [1.54, 1.807) is 18.3 Å². The zero-order valence-electron chi connectivity index (χ0n) is 15.4. The number of anilines is 1. The lowest BCUT2D eigenvalue weighted by molar-refractivity contribution is -0.115. The molecule has 1 aromatic heterocycles. The molecule has 1 saturated heterocycles. The van der Waals surface area contributed by atoms with Gasteiger partial charge in [-0.15, -0.1) is 0 Å². The van der Waals surface area contributed by atoms with Crippen molar-refractivity contribution >= 4 is 45.2 Å². The topological polar surface area (TPSA) is 62.3 Å². The smallest absolute Gasteiger partial charge is 0.255 e. The lowest BCUT2D eigenvalue weighted by atomic mass is 10.2. The number of amides is 2. The van der Waals surface area contributed by atoms with Crippen LogP contribution >= 0.6 is 27.7 Å². The van der Waals surface area contributed by atoms with Crippen molar-refractivity contribution in [3.05, 3.63) is 52.1 Å². The highest BCUT2D eigenvalue weighted by atomic mass is 79.9. The maximum Gasteiger partial charge on any atom is 0.255 e. The lowest BCUT2D eigenvalue weighted by Gasteiger charge is -2.15. The number of rotatable bonds is 5. The number of aryl methyl sites for hydroxylation is 1. The molecular formula is C20H22BrN3O2S. The van der Waals surface area contributed by atoms with Gasteiger partial charge in [-0.05, 0) is 72.4 Å². The molecule has 1 aliphatic rings. The summed E-state index contributed by atoms with van der Waals surface area (Å²) < 4.78 is 0.857. The Hall–Kier alpha value is -1.86. The SMILES string of the molecule is Cc1ccc(NC(=O)C(C)Sc2ccc(C(=O)N3CCCC3)cn2)c(Br)c1. The first-order chi connectivity index (χ1) is 12.9. The Morgan fingerprint density at radius 1 is 1.22 bits per heavy atom. The highest BCUT2D eigenvalue weighted by Crippen LogP contribution is 2.26. The van der Waals surface area contributed by atoms with E-state index in [0.717, 1.165) is 46.7 Å². The molecule has 0 bridgehead atoms. The summed E-state index contributed by atoms with van der Waals surface area (Å²) in [5.74, 6) is -0.0601. The third-order valence-corrected chi connectivity index (χ3v) is 6.13. The zero-order valence-corrected chi connectivity index (χ0v) is 17.8. The van der Waals surface area contributed by atoms with Gasteiger partial charge in [-0.2, -0.15) is 0 Å². The molecule has 1 atom stereocenters. The fraction of sp³-hybridized carbons (Fsp3) is 0.350. The summed E-state index contributed by atoms with van der Waals surface area (Å²) in [5.41, 5.74) is 2.47. The van der Waals surface area contributed by atoms with Crippen LogP contribution in [-0.4, -0.2) is 40.0 Å². The van der Waals surface area contributed by atoms with Crippen molar-refractivity contribution in [2.45, 2.75) is 37.0 Å². The van der Waals surface area contributed by atoms with Crippen molar-refractivity contribution in [2.24, 2.45) is 0 Å². The molecule has 2 amide bonds. The average molecular weight is 448 g/mol. The van der Waals surface area contributed by atoms with Gasteiger partial charge in [-0.1, -0.05) is 17.8 Å². The standard InChI is InChI=1S/C20H22BrN3O2S/c1-13-5-7-17(16(21)11-13)23-19(25)14(2)27-18-8-6-15(12-22-18)20(26)24-9-3-4-10-24/h5-8,11-12,14H,3-4,9-10H2,1-2H3,(H,23,25). The lowest BCUT2D eigenvalue weighted by Crippen LogP contribution is -2.27. The normalized spacial score (nSPS) is 14.9. The molecule has 27 heavy (non-hydrogen) atoms. The van der Waals surface area contributed by atoms with Gasteiger partial charge in [0.2, 0.25) is 5.91 Å². The number of nitrogens with one attached hydrogen (secondary N) is 1. The number of benzene rings is 1. The number of halogens is 1. The molecule has 1 aromatic carbocycles. The molecule has 3 rings (SSSR count). The summed E-state index contributed by atoms with van der Waals surface area (Å²) in [7, 11) is 0. The molecule has 1 fully saturated rings. The molecule has 2 aromatic rings. The Bertz CT molecular complexity index is 836. The van der Waals surface area contributed by atoms with Crippen LogP contribution in [0.25, 0.3) is 0 Å². The largest absolute Gasteiger partial charge is 0.339 e. The Morgan fingerprint density at radius 2 is 1.96 bits per heavy atom. The third-order valence-electron chi connectivity index (χ3n) is 4.43. The first kappa shape index (κ1) is 19.9. The minimum absolute atomic E-state index is 0.0339. The Morgan fingerprint density at radius 3 is 2.59 bits per heavy atom. The number of aromatic nitrogens is 1. The highest BCUT2D eigenvalue weighted by Gasteiger charge is 2.20. The summed E-state index contributed by atoms with van der Waals surface area (Å²) in [4.78, 5) is 31.0. The van der Waals surface area contributed by atoms with Crippen LogP contribution in [0.2, 0.25) is 0 Å². The minimum Gasteiger partial charge on any atom is -0.339 e. The average Bonchev–Trinajstić information content (AvgIpc) is 3.18. The van der Waals surface area contributed by atoms with Crippen LogP contribution in [0, 0.1) is 6.92 Å². The van der Waals surface area contributed by atoms with Gasteiger partial charge in [0, 0.05) is 23.8 Å². The molecule has 0 saturated carbocycles. The first-order valence-corrected chi connectivity index (χ1v) is 10.6. The molecule has 7 heteroatoms. The second-order valence-electron chi connectivity index (χ2n) is 6.62. The number of carbonyl (C=O) groups excluding carboxylic acids is 2. The summed E-state index contributed by atoms with van der Waals surface area (Å²) in [6.45, 7) is 5.48. The molecule has 1 N–H and O–H groups in total. The van der Waals surface area contributed by atoms with Gasteiger partial charge in [0.25, 0.3) is 5.91 Å². The van der Waals surface area contributed by atoms with E-state index in [-0.39, 0.29) is 17.1 Å². The van der Waals surface area contributed by atoms with Crippen molar-refractivity contribution < 1.29 is 9.59 Å². The quantitative estimate of drug-likeness (QED) is 0.684. The van der Waals surface area contributed by atoms with Crippen LogP contribution in [-0.2, 0) is 4.79 Å². The van der Waals surface area contributed by atoms with Gasteiger partial charge in [-0.3, -0.25) is 9.59 Å². The second-order valence-corrected chi connectivity index (χ2v) is 8.83. The molecule has 0 radical (unpaired) electrons. The van der Waals surface area contributed by atoms with Gasteiger partial charge in [-0.25, -0.2) is 4.98 Å². The van der Waals surface area contributed by atoms with Gasteiger partial charge < -0.3 is 10.2 Å². The highest BCUT2D eigenvalue weighted by molar-refractivity contribution is 9.10. The molecule has 5 nitrogen and oxygen atoms in total. The number of nitrogens with zero attached hydrogens (tertiary/aromatic N) is 2. The summed E-state index contributed by atoms with van der Waals surface area (Å²) in [6, 6.07) is 9.39. The number of hydrogen-bond acceptors (Lipinski definition) is 4. The van der Waals surface area contributed by atoms with Gasteiger partial charge in [0.05, 0.1) is 21.5 Å². The summed E-state index contributed by atoms with van der Waals surface area (Å²) in [5, 5.41) is 3.34. The maximum atomic E-state index is 12.5. The molecule has 1 unspecified atom stereocenters. The van der Waals surface area contributed by atoms with Crippen molar-refractivity contribution in [3.8, 4) is 0 Å². The number of carbonyl (C=O) groups is 2. The van der Waals surface area contributed by atoms with Crippen molar-refractivity contribution in [1.82, 2.24) is 9.88 Å². The fourth-order valence-electron chi connectivity index (χ4n) is 2.87. The monoisotopic (exact) mass is 447 g/mol. The summed E-state index contributed by atoms with van der Waals surface area (Å²) in [6.07, 6.45) is 3.73. The van der Waals surface area contributed by atoms with Crippen LogP contribution < -0.4 is 5.32 Å². The van der Waals surface area contributed by atoms with Crippen molar-refractivity contribution in [3.63, 3.8) is 0 Å². The van der Waals surface area contributed by atoms with Gasteiger partial charge >= 0.3 is 0 Å². The van der Waals surface area contributed by atoms with Crippen molar-refractivity contribution in [2.75, 3.05) is 18.4 Å². The van der Waals surface area contributed by atoms with Crippen LogP contribution in [0.3, 0.4) is 0 Å². The molecular weight excluding hydrogens is 426 g/mol. The Kier molecular flexibility index (Phi) is 6.55. The molecule has 0 aliphatic carbocycles. The molecule has 2 heterocycles. The minimum atomic E-state index is -0.314. The van der Waals surface area contributed by atoms with Gasteiger partial charge in [0.15, 0.2) is 0 Å². The number of thioether (sulfide) groups is 1. The maximum absolute atomic E-state index is 12.5. The molecule has 142 valence electrons. The van der Waals surface area contributed by atoms with Crippen molar-refractivity contribution in [1.29, 1.82) is 0 Å². The fourth-order valence-corrected chi connectivity index (χ4v) is 4.25. The third kappa shape index (κ3) is 5.11. The Balaban J connectivity index is 1.59. The molecule has 1 aliphatic heterocycles. The van der Waals surface area contributed by atoms with E-state index in [2.05, 4.69) is 26.2 Å². The van der Waals surface area contributed by atoms with Gasteiger partial charge in [0.1, 0.15) is 0 Å². The van der Waals surface area contributed by atoms with E-state index >= 15 is 0 Å². The van der Waals surface area contributed by atoms with E-state index in [1.807, 2.05) is 36.9 Å². The predicted molar refractivity (Wildman–Crippen MR) is 112 cm³/mol. The van der Waals surface area contributed by atoms with Crippen LogP contribution in [0.4, 0.5) is 5.69 Å².